The van der Waals surface area contributed by atoms with Crippen LogP contribution in [0.15, 0.2) is 41.6 Å². The number of nitrogens with one attached hydrogen (secondary N) is 1. The number of nitrogens with zero attached hydrogens (tertiary/aromatic N) is 1. The van der Waals surface area contributed by atoms with Crippen LogP contribution >= 0.6 is 46.4 Å². The number of amides is 1. The van der Waals surface area contributed by atoms with E-state index in [1.807, 2.05) is 0 Å². The minimum Gasteiger partial charge on any atom is -0.391 e. The van der Waals surface area contributed by atoms with Crippen molar-refractivity contribution in [3.8, 4) is 0 Å². The van der Waals surface area contributed by atoms with Gasteiger partial charge in [-0.05, 0) is 37.3 Å². The first-order chi connectivity index (χ1) is 12.8. The van der Waals surface area contributed by atoms with Gasteiger partial charge in [0, 0.05) is 20.6 Å². The van der Waals surface area contributed by atoms with E-state index in [-0.39, 0.29) is 11.6 Å². The lowest BCUT2D eigenvalue weighted by atomic mass is 10.1. The molecule has 0 heterocycles. The Labute approximate surface area is 176 Å². The maximum absolute atomic E-state index is 12.4. The summed E-state index contributed by atoms with van der Waals surface area (Å²) in [6, 6.07) is 9.61. The molecule has 9 heteroatoms. The van der Waals surface area contributed by atoms with E-state index in [1.165, 1.54) is 19.1 Å². The fourth-order valence-corrected chi connectivity index (χ4v) is 3.00. The Morgan fingerprint density at radius 3 is 2.37 bits per heavy atom. The lowest BCUT2D eigenvalue weighted by Crippen LogP contribution is -2.29. The van der Waals surface area contributed by atoms with Crippen molar-refractivity contribution >= 4 is 70.0 Å². The SMILES string of the molecule is CC(=O)[C@H](/C=N\OCc1c(Cl)cccc1Cl)C(=O)Nc1ccc(Cl)cc1Cl. The molecule has 27 heavy (non-hydrogen) atoms. The second kappa shape index (κ2) is 9.95. The highest BCUT2D eigenvalue weighted by Crippen LogP contribution is 2.26. The monoisotopic (exact) mass is 446 g/mol. The van der Waals surface area contributed by atoms with Gasteiger partial charge in [0.1, 0.15) is 18.3 Å². The molecule has 2 rings (SSSR count). The zero-order chi connectivity index (χ0) is 20.0. The molecule has 0 aliphatic heterocycles. The van der Waals surface area contributed by atoms with Crippen molar-refractivity contribution in [3.63, 3.8) is 0 Å². The van der Waals surface area contributed by atoms with Gasteiger partial charge in [0.25, 0.3) is 0 Å². The molecule has 1 atom stereocenters. The van der Waals surface area contributed by atoms with Gasteiger partial charge in [-0.2, -0.15) is 0 Å². The number of benzene rings is 2. The highest BCUT2D eigenvalue weighted by Gasteiger charge is 2.22. The lowest BCUT2D eigenvalue weighted by molar-refractivity contribution is -0.126. The standard InChI is InChI=1S/C18H14Cl4N2O3/c1-10(25)12(18(26)24-17-6-5-11(19)7-16(17)22)8-23-27-9-13-14(20)3-2-4-15(13)21/h2-8,12H,9H2,1H3,(H,24,26)/b23-8-/t12-/m0/s1. The van der Waals surface area contributed by atoms with Crippen molar-refractivity contribution in [3.05, 3.63) is 62.1 Å². The zero-order valence-corrected chi connectivity index (χ0v) is 17.0. The first-order valence-corrected chi connectivity index (χ1v) is 9.15. The molecule has 0 saturated heterocycles. The summed E-state index contributed by atoms with van der Waals surface area (Å²) in [4.78, 5) is 29.3. The number of oxime groups is 1. The predicted molar refractivity (Wildman–Crippen MR) is 109 cm³/mol. The number of Topliss-reactive ketones (excluding diaryl/α,β-unsaturated/α-hetero) is 1. The minimum atomic E-state index is -1.15. The Bertz CT molecular complexity index is 867. The third kappa shape index (κ3) is 6.11. The summed E-state index contributed by atoms with van der Waals surface area (Å²) in [5, 5.41) is 7.78. The Balaban J connectivity index is 2.03. The number of anilines is 1. The maximum Gasteiger partial charge on any atom is 0.240 e. The van der Waals surface area contributed by atoms with Crippen LogP contribution in [-0.2, 0) is 21.0 Å². The van der Waals surface area contributed by atoms with E-state index >= 15 is 0 Å². The van der Waals surface area contributed by atoms with Gasteiger partial charge in [0.05, 0.1) is 16.9 Å². The first-order valence-electron chi connectivity index (χ1n) is 7.64. The van der Waals surface area contributed by atoms with Crippen LogP contribution in [0.4, 0.5) is 5.69 Å². The van der Waals surface area contributed by atoms with Crippen LogP contribution < -0.4 is 5.32 Å². The van der Waals surface area contributed by atoms with E-state index in [9.17, 15) is 9.59 Å². The molecule has 0 aromatic heterocycles. The van der Waals surface area contributed by atoms with Gasteiger partial charge in [-0.25, -0.2) is 0 Å². The third-order valence-electron chi connectivity index (χ3n) is 3.46. The molecule has 1 N–H and O–H groups in total. The van der Waals surface area contributed by atoms with Crippen molar-refractivity contribution in [1.82, 2.24) is 0 Å². The second-order valence-electron chi connectivity index (χ2n) is 5.43. The second-order valence-corrected chi connectivity index (χ2v) is 7.09. The van der Waals surface area contributed by atoms with E-state index < -0.39 is 17.6 Å². The molecule has 0 unspecified atom stereocenters. The number of halogens is 4. The average Bonchev–Trinajstić information content (AvgIpc) is 2.59. The molecule has 0 aliphatic carbocycles. The summed E-state index contributed by atoms with van der Waals surface area (Å²) in [5.41, 5.74) is 0.879. The smallest absolute Gasteiger partial charge is 0.240 e. The van der Waals surface area contributed by atoms with Crippen molar-refractivity contribution in [2.45, 2.75) is 13.5 Å². The van der Waals surface area contributed by atoms with Gasteiger partial charge < -0.3 is 10.2 Å². The first kappa shape index (κ1) is 21.5. The third-order valence-corrected chi connectivity index (χ3v) is 4.72. The molecule has 0 saturated carbocycles. The molecule has 0 aliphatic rings. The fraction of sp³-hybridized carbons (Fsp3) is 0.167. The highest BCUT2D eigenvalue weighted by molar-refractivity contribution is 6.37. The molecule has 1 amide bonds. The molecule has 0 fully saturated rings. The summed E-state index contributed by atoms with van der Waals surface area (Å²) < 4.78 is 0. The number of rotatable bonds is 7. The molecule has 0 spiro atoms. The van der Waals surface area contributed by atoms with Gasteiger partial charge in [0.15, 0.2) is 0 Å². The summed E-state index contributed by atoms with van der Waals surface area (Å²) in [7, 11) is 0. The summed E-state index contributed by atoms with van der Waals surface area (Å²) in [6.45, 7) is 1.26. The molecule has 5 nitrogen and oxygen atoms in total. The fourth-order valence-electron chi connectivity index (χ4n) is 2.03. The Morgan fingerprint density at radius 1 is 1.11 bits per heavy atom. The largest absolute Gasteiger partial charge is 0.391 e. The topological polar surface area (TPSA) is 67.8 Å². The van der Waals surface area contributed by atoms with Gasteiger partial charge >= 0.3 is 0 Å². The Morgan fingerprint density at radius 2 is 1.78 bits per heavy atom. The molecule has 0 bridgehead atoms. The number of carbonyl (C=O) groups excluding carboxylic acids is 2. The Hall–Kier alpha value is -1.79. The summed E-state index contributed by atoms with van der Waals surface area (Å²) >= 11 is 23.9. The molecular formula is C18H14Cl4N2O3. The maximum atomic E-state index is 12.4. The van der Waals surface area contributed by atoms with E-state index in [2.05, 4.69) is 10.5 Å². The van der Waals surface area contributed by atoms with Crippen LogP contribution in [0.5, 0.6) is 0 Å². The number of hydrogen-bond acceptors (Lipinski definition) is 4. The number of ketones is 1. The number of carbonyl (C=O) groups is 2. The predicted octanol–water partition coefficient (Wildman–Crippen LogP) is 5.65. The summed E-state index contributed by atoms with van der Waals surface area (Å²) in [5.74, 6) is -2.17. The van der Waals surface area contributed by atoms with Crippen LogP contribution in [0.25, 0.3) is 0 Å². The average molecular weight is 448 g/mol. The minimum absolute atomic E-state index is 0.00966. The van der Waals surface area contributed by atoms with Gasteiger partial charge in [0.2, 0.25) is 5.91 Å². The number of hydrogen-bond donors (Lipinski definition) is 1. The quantitative estimate of drug-likeness (QED) is 0.339. The van der Waals surface area contributed by atoms with Crippen LogP contribution in [-0.4, -0.2) is 17.9 Å². The van der Waals surface area contributed by atoms with Crippen molar-refractivity contribution < 1.29 is 14.4 Å². The van der Waals surface area contributed by atoms with Crippen LogP contribution in [0.2, 0.25) is 20.1 Å². The van der Waals surface area contributed by atoms with E-state index in [1.54, 1.807) is 24.3 Å². The van der Waals surface area contributed by atoms with E-state index in [4.69, 9.17) is 51.2 Å². The normalized spacial score (nSPS) is 12.0. The van der Waals surface area contributed by atoms with Crippen LogP contribution in [0.3, 0.4) is 0 Å². The zero-order valence-electron chi connectivity index (χ0n) is 14.0. The molecular weight excluding hydrogens is 434 g/mol. The van der Waals surface area contributed by atoms with Gasteiger partial charge in [-0.1, -0.05) is 57.6 Å². The Kier molecular flexibility index (Phi) is 7.92. The van der Waals surface area contributed by atoms with Crippen LogP contribution in [0.1, 0.15) is 12.5 Å². The molecule has 142 valence electrons. The molecule has 0 radical (unpaired) electrons. The van der Waals surface area contributed by atoms with Crippen molar-refractivity contribution in [2.75, 3.05) is 5.32 Å². The van der Waals surface area contributed by atoms with Gasteiger partial charge in [-0.15, -0.1) is 0 Å². The molecule has 2 aromatic carbocycles. The van der Waals surface area contributed by atoms with Crippen molar-refractivity contribution in [1.29, 1.82) is 0 Å². The highest BCUT2D eigenvalue weighted by atomic mass is 35.5. The van der Waals surface area contributed by atoms with E-state index in [0.717, 1.165) is 6.21 Å². The van der Waals surface area contributed by atoms with Gasteiger partial charge in [-0.3, -0.25) is 9.59 Å². The lowest BCUT2D eigenvalue weighted by Gasteiger charge is -2.11. The van der Waals surface area contributed by atoms with Crippen LogP contribution in [0, 0.1) is 5.92 Å². The molecule has 2 aromatic rings. The summed E-state index contributed by atoms with van der Waals surface area (Å²) in [6.07, 6.45) is 1.10. The van der Waals surface area contributed by atoms with E-state index in [0.29, 0.717) is 26.3 Å². The van der Waals surface area contributed by atoms with Crippen molar-refractivity contribution in [2.24, 2.45) is 11.1 Å².